The Hall–Kier alpha value is -1.67. The van der Waals surface area contributed by atoms with E-state index in [1.165, 1.54) is 11.3 Å². The first kappa shape index (κ1) is 15.7. The van der Waals surface area contributed by atoms with Crippen LogP contribution in [-0.4, -0.2) is 41.3 Å². The molecule has 0 bridgehead atoms. The van der Waals surface area contributed by atoms with Gasteiger partial charge in [-0.25, -0.2) is 9.78 Å². The van der Waals surface area contributed by atoms with Gasteiger partial charge in [-0.3, -0.25) is 10.1 Å². The molecule has 0 aliphatic carbocycles. The zero-order valence-corrected chi connectivity index (χ0v) is 13.0. The SMILES string of the molecule is CC(C)(C)c1csc(NC(=O)NC2COCC2C(=O)O)n1. The van der Waals surface area contributed by atoms with Gasteiger partial charge < -0.3 is 15.2 Å². The largest absolute Gasteiger partial charge is 0.481 e. The normalized spacial score (nSPS) is 22.0. The first-order valence-corrected chi connectivity index (χ1v) is 7.49. The maximum Gasteiger partial charge on any atom is 0.321 e. The van der Waals surface area contributed by atoms with Gasteiger partial charge in [0.25, 0.3) is 0 Å². The highest BCUT2D eigenvalue weighted by Gasteiger charge is 2.35. The molecule has 1 fully saturated rings. The number of thiazole rings is 1. The van der Waals surface area contributed by atoms with Crippen LogP contribution in [0.1, 0.15) is 26.5 Å². The number of amides is 2. The van der Waals surface area contributed by atoms with Gasteiger partial charge in [-0.2, -0.15) is 0 Å². The Bertz CT molecular complexity index is 538. The molecule has 2 rings (SSSR count). The molecule has 0 aromatic carbocycles. The molecule has 0 radical (unpaired) electrons. The van der Waals surface area contributed by atoms with Gasteiger partial charge in [0.15, 0.2) is 5.13 Å². The molecule has 7 nitrogen and oxygen atoms in total. The summed E-state index contributed by atoms with van der Waals surface area (Å²) in [5.74, 6) is -1.68. The number of aromatic nitrogens is 1. The number of anilines is 1. The molecule has 0 saturated carbocycles. The lowest BCUT2D eigenvalue weighted by Crippen LogP contribution is -2.44. The summed E-state index contributed by atoms with van der Waals surface area (Å²) in [6.07, 6.45) is 0. The second-order valence-corrected chi connectivity index (χ2v) is 6.83. The molecule has 2 heterocycles. The standard InChI is InChI=1S/C13H19N3O4S/c1-13(2,3)9-6-21-12(15-9)16-11(19)14-8-5-20-4-7(8)10(17)18/h6-8H,4-5H2,1-3H3,(H,17,18)(H2,14,15,16,19). The summed E-state index contributed by atoms with van der Waals surface area (Å²) >= 11 is 1.34. The van der Waals surface area contributed by atoms with Crippen LogP contribution in [0.25, 0.3) is 0 Å². The van der Waals surface area contributed by atoms with Crippen molar-refractivity contribution in [3.63, 3.8) is 0 Å². The van der Waals surface area contributed by atoms with Gasteiger partial charge in [0.05, 0.1) is 24.9 Å². The van der Waals surface area contributed by atoms with E-state index in [9.17, 15) is 9.59 Å². The number of hydrogen-bond donors (Lipinski definition) is 3. The highest BCUT2D eigenvalue weighted by atomic mass is 32.1. The Morgan fingerprint density at radius 2 is 2.14 bits per heavy atom. The summed E-state index contributed by atoms with van der Waals surface area (Å²) in [5.41, 5.74) is 0.816. The summed E-state index contributed by atoms with van der Waals surface area (Å²) in [7, 11) is 0. The molecule has 1 saturated heterocycles. The predicted octanol–water partition coefficient (Wildman–Crippen LogP) is 1.66. The summed E-state index contributed by atoms with van der Waals surface area (Å²) < 4.78 is 5.09. The fourth-order valence-electron chi connectivity index (χ4n) is 1.92. The number of ether oxygens (including phenoxy) is 1. The Morgan fingerprint density at radius 1 is 1.43 bits per heavy atom. The van der Waals surface area contributed by atoms with E-state index < -0.39 is 24.0 Å². The first-order chi connectivity index (χ1) is 9.77. The van der Waals surface area contributed by atoms with E-state index in [4.69, 9.17) is 9.84 Å². The van der Waals surface area contributed by atoms with Gasteiger partial charge in [0.2, 0.25) is 0 Å². The van der Waals surface area contributed by atoms with Crippen LogP contribution in [0.3, 0.4) is 0 Å². The molecular formula is C13H19N3O4S. The van der Waals surface area contributed by atoms with Crippen molar-refractivity contribution in [1.29, 1.82) is 0 Å². The molecule has 1 aliphatic heterocycles. The summed E-state index contributed by atoms with van der Waals surface area (Å²) in [4.78, 5) is 27.2. The molecule has 2 atom stereocenters. The number of urea groups is 1. The third-order valence-electron chi connectivity index (χ3n) is 3.21. The molecule has 1 aliphatic rings. The van der Waals surface area contributed by atoms with Gasteiger partial charge >= 0.3 is 12.0 Å². The van der Waals surface area contributed by atoms with Crippen LogP contribution in [0, 0.1) is 5.92 Å². The highest BCUT2D eigenvalue weighted by molar-refractivity contribution is 7.13. The summed E-state index contributed by atoms with van der Waals surface area (Å²) in [5, 5.41) is 16.7. The monoisotopic (exact) mass is 313 g/mol. The molecule has 2 amide bonds. The van der Waals surface area contributed by atoms with Gasteiger partial charge in [0, 0.05) is 10.8 Å². The lowest BCUT2D eigenvalue weighted by Gasteiger charge is -2.16. The van der Waals surface area contributed by atoms with E-state index in [0.717, 1.165) is 5.69 Å². The molecule has 3 N–H and O–H groups in total. The number of carboxylic acid groups (broad SMARTS) is 1. The van der Waals surface area contributed by atoms with Crippen molar-refractivity contribution in [2.24, 2.45) is 5.92 Å². The van der Waals surface area contributed by atoms with Crippen LogP contribution in [0.15, 0.2) is 5.38 Å². The number of carboxylic acids is 1. The van der Waals surface area contributed by atoms with Gasteiger partial charge in [-0.05, 0) is 0 Å². The van der Waals surface area contributed by atoms with E-state index in [1.807, 2.05) is 26.2 Å². The van der Waals surface area contributed by atoms with Crippen molar-refractivity contribution < 1.29 is 19.4 Å². The number of nitrogens with one attached hydrogen (secondary N) is 2. The predicted molar refractivity (Wildman–Crippen MR) is 78.7 cm³/mol. The van der Waals surface area contributed by atoms with Crippen LogP contribution >= 0.6 is 11.3 Å². The summed E-state index contributed by atoms with van der Waals surface area (Å²) in [6.45, 7) is 6.44. The zero-order valence-electron chi connectivity index (χ0n) is 12.2. The molecule has 1 aromatic rings. The Kier molecular flexibility index (Phi) is 4.48. The average molecular weight is 313 g/mol. The van der Waals surface area contributed by atoms with E-state index in [-0.39, 0.29) is 18.6 Å². The Balaban J connectivity index is 1.93. The Labute approximate surface area is 126 Å². The average Bonchev–Trinajstić information content (AvgIpc) is 2.96. The van der Waals surface area contributed by atoms with E-state index in [2.05, 4.69) is 15.6 Å². The topological polar surface area (TPSA) is 101 Å². The van der Waals surface area contributed by atoms with Crippen molar-refractivity contribution in [1.82, 2.24) is 10.3 Å². The molecule has 116 valence electrons. The van der Waals surface area contributed by atoms with Crippen molar-refractivity contribution in [2.75, 3.05) is 18.5 Å². The highest BCUT2D eigenvalue weighted by Crippen LogP contribution is 2.26. The number of aliphatic carboxylic acids is 1. The molecule has 1 aromatic heterocycles. The minimum Gasteiger partial charge on any atom is -0.481 e. The number of hydrogen-bond acceptors (Lipinski definition) is 5. The first-order valence-electron chi connectivity index (χ1n) is 6.61. The second kappa shape index (κ2) is 5.98. The maximum atomic E-state index is 11.9. The van der Waals surface area contributed by atoms with Crippen LogP contribution in [-0.2, 0) is 14.9 Å². The van der Waals surface area contributed by atoms with Crippen molar-refractivity contribution in [2.45, 2.75) is 32.2 Å². The van der Waals surface area contributed by atoms with Gasteiger partial charge in [-0.15, -0.1) is 11.3 Å². The number of carbonyl (C=O) groups excluding carboxylic acids is 1. The van der Waals surface area contributed by atoms with E-state index >= 15 is 0 Å². The third kappa shape index (κ3) is 3.92. The van der Waals surface area contributed by atoms with E-state index in [1.54, 1.807) is 0 Å². The molecule has 21 heavy (non-hydrogen) atoms. The van der Waals surface area contributed by atoms with Crippen LogP contribution in [0.4, 0.5) is 9.93 Å². The number of rotatable bonds is 3. The Morgan fingerprint density at radius 3 is 2.71 bits per heavy atom. The number of nitrogens with zero attached hydrogens (tertiary/aromatic N) is 1. The quantitative estimate of drug-likeness (QED) is 0.788. The molecular weight excluding hydrogens is 294 g/mol. The minimum absolute atomic E-state index is 0.0827. The summed E-state index contributed by atoms with van der Waals surface area (Å²) in [6, 6.07) is -0.990. The van der Waals surface area contributed by atoms with E-state index in [0.29, 0.717) is 5.13 Å². The maximum absolute atomic E-state index is 11.9. The minimum atomic E-state index is -0.970. The molecule has 8 heteroatoms. The lowest BCUT2D eigenvalue weighted by molar-refractivity contribution is -0.142. The molecule has 2 unspecified atom stereocenters. The molecule has 0 spiro atoms. The number of carbonyl (C=O) groups is 2. The van der Waals surface area contributed by atoms with Gasteiger partial charge in [-0.1, -0.05) is 20.8 Å². The van der Waals surface area contributed by atoms with Crippen LogP contribution in [0.2, 0.25) is 0 Å². The zero-order chi connectivity index (χ0) is 15.6. The fourth-order valence-corrected chi connectivity index (χ4v) is 2.85. The van der Waals surface area contributed by atoms with Crippen molar-refractivity contribution >= 4 is 28.5 Å². The van der Waals surface area contributed by atoms with Gasteiger partial charge in [0.1, 0.15) is 5.92 Å². The smallest absolute Gasteiger partial charge is 0.321 e. The van der Waals surface area contributed by atoms with Crippen LogP contribution in [0.5, 0.6) is 0 Å². The van der Waals surface area contributed by atoms with Crippen molar-refractivity contribution in [3.8, 4) is 0 Å². The fraction of sp³-hybridized carbons (Fsp3) is 0.615. The van der Waals surface area contributed by atoms with Crippen LogP contribution < -0.4 is 10.6 Å². The third-order valence-corrected chi connectivity index (χ3v) is 3.96. The second-order valence-electron chi connectivity index (χ2n) is 5.98. The van der Waals surface area contributed by atoms with Crippen molar-refractivity contribution in [3.05, 3.63) is 11.1 Å². The lowest BCUT2D eigenvalue weighted by atomic mass is 9.93.